The van der Waals surface area contributed by atoms with Crippen LogP contribution in [0.3, 0.4) is 0 Å². The molecule has 0 aromatic carbocycles. The van der Waals surface area contributed by atoms with Gasteiger partial charge in [-0.3, -0.25) is 0 Å². The quantitative estimate of drug-likeness (QED) is 0.272. The van der Waals surface area contributed by atoms with E-state index >= 15 is 0 Å². The zero-order valence-corrected chi connectivity index (χ0v) is 5.69. The third-order valence-corrected chi connectivity index (χ3v) is 0.167. The van der Waals surface area contributed by atoms with Gasteiger partial charge in [0, 0.05) is 0 Å². The van der Waals surface area contributed by atoms with Crippen LogP contribution in [0.25, 0.3) is 0 Å². The van der Waals surface area contributed by atoms with Crippen LogP contribution in [-0.4, -0.2) is 6.61 Å². The Hall–Kier alpha value is 0.920. The minimum atomic E-state index is 0. The van der Waals surface area contributed by atoms with Gasteiger partial charge in [0.05, 0.1) is 6.61 Å². The Morgan fingerprint density at radius 1 is 2.00 bits per heavy atom. The van der Waals surface area contributed by atoms with Gasteiger partial charge < -0.3 is 6.26 Å². The van der Waals surface area contributed by atoms with Gasteiger partial charge in [-0.25, -0.2) is 5.90 Å². The summed E-state index contributed by atoms with van der Waals surface area (Å²) in [7, 11) is 0. The molecule has 0 aromatic rings. The van der Waals surface area contributed by atoms with Gasteiger partial charge in [-0.2, -0.15) is 0 Å². The van der Waals surface area contributed by atoms with Crippen LogP contribution < -0.4 is 35.5 Å². The molecular weight excluding hydrogens is 77.0 g/mol. The molecule has 2 nitrogen and oxygen atoms in total. The molecule has 0 spiro atoms. The number of hydrogen-bond acceptors (Lipinski definition) is 2. The molecule has 0 radical (unpaired) electrons. The Bertz CT molecular complexity index is 15.5. The van der Waals surface area contributed by atoms with Crippen molar-refractivity contribution in [3.8, 4) is 0 Å². The van der Waals surface area contributed by atoms with Gasteiger partial charge in [0.25, 0.3) is 0 Å². The van der Waals surface area contributed by atoms with Gasteiger partial charge in [-0.05, 0) is 6.92 Å². The topological polar surface area (TPSA) is 35.2 Å². The van der Waals surface area contributed by atoms with Crippen molar-refractivity contribution >= 4 is 0 Å². The fraction of sp³-hybridized carbons (Fsp3) is 1.00. The molecule has 3 heteroatoms. The van der Waals surface area contributed by atoms with Gasteiger partial charge in [0.2, 0.25) is 0 Å². The van der Waals surface area contributed by atoms with Crippen LogP contribution in [-0.2, 0) is 4.84 Å². The maximum Gasteiger partial charge on any atom is 1.00 e. The van der Waals surface area contributed by atoms with E-state index < -0.39 is 0 Å². The summed E-state index contributed by atoms with van der Waals surface area (Å²) in [5, 5.41) is 0. The van der Waals surface area contributed by atoms with Crippen LogP contribution in [0, 0.1) is 0 Å². The maximum atomic E-state index is 4.53. The van der Waals surface area contributed by atoms with Gasteiger partial charge in [-0.15, -0.1) is 0 Å². The number of nitrogens with two attached hydrogens (primary N) is 1. The molecule has 0 aliphatic carbocycles. The van der Waals surface area contributed by atoms with E-state index in [0.717, 1.165) is 0 Å². The maximum absolute atomic E-state index is 4.53. The summed E-state index contributed by atoms with van der Waals surface area (Å²) in [6.45, 7) is 2.43. The van der Waals surface area contributed by atoms with Crippen molar-refractivity contribution < 1.29 is 35.8 Å². The molecule has 2 N–H and O–H groups in total. The van der Waals surface area contributed by atoms with Crippen molar-refractivity contribution in [3.05, 3.63) is 0 Å². The third-order valence-electron chi connectivity index (χ3n) is 0.167. The number of rotatable bonds is 1. The van der Waals surface area contributed by atoms with E-state index in [1.54, 1.807) is 0 Å². The van der Waals surface area contributed by atoms with Crippen LogP contribution >= 0.6 is 0 Å². The van der Waals surface area contributed by atoms with Crippen LogP contribution in [0.2, 0.25) is 0 Å². The van der Waals surface area contributed by atoms with Crippen molar-refractivity contribution in [2.24, 2.45) is 5.90 Å². The predicted octanol–water partition coefficient (Wildman–Crippen LogP) is -2.99. The molecule has 0 rings (SSSR count). The van der Waals surface area contributed by atoms with Gasteiger partial charge in [0.1, 0.15) is 0 Å². The summed E-state index contributed by atoms with van der Waals surface area (Å²) >= 11 is 0. The Kier molecular flexibility index (Phi) is 16.5. The van der Waals surface area contributed by atoms with E-state index in [-0.39, 0.29) is 31.0 Å². The van der Waals surface area contributed by atoms with Crippen LogP contribution in [0.4, 0.5) is 0 Å². The first-order chi connectivity index (χ1) is 1.91. The monoisotopic (exact) mass is 85.1 g/mol. The van der Waals surface area contributed by atoms with Gasteiger partial charge in [-0.1, -0.05) is 0 Å². The van der Waals surface area contributed by atoms with Gasteiger partial charge in [0.15, 0.2) is 0 Å². The zero-order chi connectivity index (χ0) is 3.41. The molecule has 0 fully saturated rings. The largest absolute Gasteiger partial charge is 1.00 e. The summed E-state index contributed by atoms with van der Waals surface area (Å²) in [6.07, 6.45) is 0. The van der Waals surface area contributed by atoms with E-state index in [1.165, 1.54) is 0 Å². The molecule has 0 atom stereocenters. The second-order valence-corrected chi connectivity index (χ2v) is 0.455. The standard InChI is InChI=1S/C2H7NO.Na.H/c1-2-4-3;;/h2-3H2,1H3;;/q;+1;-1. The first-order valence-corrected chi connectivity index (χ1v) is 1.23. The van der Waals surface area contributed by atoms with Gasteiger partial charge >= 0.3 is 29.6 Å². The van der Waals surface area contributed by atoms with Crippen molar-refractivity contribution in [2.75, 3.05) is 6.61 Å². The fourth-order valence-electron chi connectivity index (χ4n) is 0. The second kappa shape index (κ2) is 8.87. The molecule has 0 saturated carbocycles. The Morgan fingerprint density at radius 3 is 2.20 bits per heavy atom. The minimum Gasteiger partial charge on any atom is -1.00 e. The molecule has 0 heterocycles. The molecule has 0 unspecified atom stereocenters. The van der Waals surface area contributed by atoms with Crippen LogP contribution in [0.15, 0.2) is 0 Å². The Labute approximate surface area is 55.4 Å². The molecule has 0 saturated heterocycles. The Balaban J connectivity index is -0.0000000450. The fourth-order valence-corrected chi connectivity index (χ4v) is 0. The first kappa shape index (κ1) is 9.33. The molecule has 0 aliphatic heterocycles. The molecule has 5 heavy (non-hydrogen) atoms. The number of hydrogen-bond donors (Lipinski definition) is 1. The summed E-state index contributed by atoms with van der Waals surface area (Å²) in [5.74, 6) is 4.53. The molecular formula is C2H8NNaO. The minimum absolute atomic E-state index is 0. The van der Waals surface area contributed by atoms with E-state index in [1.807, 2.05) is 6.92 Å². The van der Waals surface area contributed by atoms with Crippen LogP contribution in [0.5, 0.6) is 0 Å². The normalized spacial score (nSPS) is 6.00. The smallest absolute Gasteiger partial charge is 1.00 e. The van der Waals surface area contributed by atoms with Crippen molar-refractivity contribution in [1.82, 2.24) is 0 Å². The molecule has 0 bridgehead atoms. The SMILES string of the molecule is CCON.[H-].[Na+]. The first-order valence-electron chi connectivity index (χ1n) is 1.23. The zero-order valence-electron chi connectivity index (χ0n) is 4.69. The summed E-state index contributed by atoms with van der Waals surface area (Å²) in [4.78, 5) is 4.04. The van der Waals surface area contributed by atoms with Crippen LogP contribution in [0.1, 0.15) is 8.35 Å². The summed E-state index contributed by atoms with van der Waals surface area (Å²) in [6, 6.07) is 0. The molecule has 0 amide bonds. The van der Waals surface area contributed by atoms with E-state index in [0.29, 0.717) is 6.61 Å². The molecule has 0 aromatic heterocycles. The molecule has 0 aliphatic rings. The predicted molar refractivity (Wildman–Crippen MR) is 16.9 cm³/mol. The third kappa shape index (κ3) is 11.4. The average molecular weight is 85.1 g/mol. The second-order valence-electron chi connectivity index (χ2n) is 0.455. The summed E-state index contributed by atoms with van der Waals surface area (Å²) in [5.41, 5.74) is 0. The van der Waals surface area contributed by atoms with Crippen molar-refractivity contribution in [2.45, 2.75) is 6.92 Å². The average Bonchev–Trinajstić information content (AvgIpc) is 1.37. The summed E-state index contributed by atoms with van der Waals surface area (Å²) < 4.78 is 0. The van der Waals surface area contributed by atoms with E-state index in [2.05, 4.69) is 10.7 Å². The Morgan fingerprint density at radius 2 is 2.20 bits per heavy atom. The van der Waals surface area contributed by atoms with E-state index in [9.17, 15) is 0 Å². The van der Waals surface area contributed by atoms with Crippen molar-refractivity contribution in [3.63, 3.8) is 0 Å². The molecule has 28 valence electrons. The van der Waals surface area contributed by atoms with E-state index in [4.69, 9.17) is 0 Å². The van der Waals surface area contributed by atoms with Crippen molar-refractivity contribution in [1.29, 1.82) is 0 Å².